The van der Waals surface area contributed by atoms with E-state index >= 15 is 0 Å². The first kappa shape index (κ1) is 26.3. The van der Waals surface area contributed by atoms with Crippen LogP contribution in [0.5, 0.6) is 0 Å². The van der Waals surface area contributed by atoms with Crippen molar-refractivity contribution in [3.63, 3.8) is 0 Å². The number of hydrogen-bond acceptors (Lipinski definition) is 8. The van der Waals surface area contributed by atoms with Gasteiger partial charge < -0.3 is 23.7 Å². The third-order valence-electron chi connectivity index (χ3n) is 7.11. The number of carbonyl (C=O) groups excluding carboxylic acids is 1. The van der Waals surface area contributed by atoms with Crippen LogP contribution in [0.3, 0.4) is 0 Å². The second-order valence-corrected chi connectivity index (χ2v) is 9.53. The van der Waals surface area contributed by atoms with E-state index in [2.05, 4.69) is 11.9 Å². The monoisotopic (exact) mass is 502 g/mol. The van der Waals surface area contributed by atoms with Gasteiger partial charge in [-0.15, -0.1) is 0 Å². The normalized spacial score (nSPS) is 29.9. The van der Waals surface area contributed by atoms with Gasteiger partial charge in [0.1, 0.15) is 18.5 Å². The van der Waals surface area contributed by atoms with Crippen LogP contribution in [0.1, 0.15) is 50.5 Å². The highest BCUT2D eigenvalue weighted by atomic mass is 16.7. The molecule has 1 aliphatic carbocycles. The average Bonchev–Trinajstić information content (AvgIpc) is 3.15. The quantitative estimate of drug-likeness (QED) is 0.432. The van der Waals surface area contributed by atoms with Crippen LogP contribution in [0.25, 0.3) is 0 Å². The molecule has 1 aromatic carbocycles. The van der Waals surface area contributed by atoms with E-state index in [1.165, 1.54) is 17.7 Å². The number of ether oxygens (including phenoxy) is 5. The van der Waals surface area contributed by atoms with E-state index < -0.39 is 47.4 Å². The number of hydrogen-bond donors (Lipinski definition) is 1. The van der Waals surface area contributed by atoms with Gasteiger partial charge >= 0.3 is 11.7 Å². The number of esters is 1. The summed E-state index contributed by atoms with van der Waals surface area (Å²) < 4.78 is 31.7. The molecule has 196 valence electrons. The van der Waals surface area contributed by atoms with Gasteiger partial charge in [0.05, 0.1) is 12.7 Å². The van der Waals surface area contributed by atoms with E-state index in [0.717, 1.165) is 18.4 Å². The van der Waals surface area contributed by atoms with Gasteiger partial charge in [0, 0.05) is 25.8 Å². The van der Waals surface area contributed by atoms with Crippen molar-refractivity contribution in [2.24, 2.45) is 5.92 Å². The van der Waals surface area contributed by atoms with Gasteiger partial charge in [0.25, 0.3) is 5.56 Å². The molecule has 2 aromatic rings. The number of carbonyl (C=O) groups is 1. The standard InChI is InChI=1S/C26H34N2O8/c1-16-13-28(25(31)27-23(16)30)24-21(35-18(3)29)22(33-14-19-10-6-5-7-11-19)26(36-24)17(2)9-8-12-20(26)34-15-32-4/h5-7,10-11,13,17,20-22,24H,8-9,12,14-15H2,1-4H3,(H,27,30,31)/t17-,20+,21-,22-,24-,26?/m1/s1. The predicted molar refractivity (Wildman–Crippen MR) is 129 cm³/mol. The Morgan fingerprint density at radius 2 is 1.94 bits per heavy atom. The lowest BCUT2D eigenvalue weighted by atomic mass is 9.70. The molecule has 2 heterocycles. The number of methoxy groups -OCH3 is 1. The molecule has 1 saturated carbocycles. The van der Waals surface area contributed by atoms with Crippen LogP contribution in [0.4, 0.5) is 0 Å². The Hall–Kier alpha value is -2.79. The molecule has 10 nitrogen and oxygen atoms in total. The zero-order valence-electron chi connectivity index (χ0n) is 21.1. The maximum absolute atomic E-state index is 12.9. The summed E-state index contributed by atoms with van der Waals surface area (Å²) in [6.45, 7) is 5.24. The smallest absolute Gasteiger partial charge is 0.330 e. The van der Waals surface area contributed by atoms with E-state index in [4.69, 9.17) is 23.7 Å². The van der Waals surface area contributed by atoms with Crippen molar-refractivity contribution in [1.82, 2.24) is 9.55 Å². The van der Waals surface area contributed by atoms with Crippen LogP contribution >= 0.6 is 0 Å². The van der Waals surface area contributed by atoms with Crippen molar-refractivity contribution < 1.29 is 28.5 Å². The van der Waals surface area contributed by atoms with Crippen molar-refractivity contribution in [3.05, 3.63) is 68.5 Å². The number of nitrogens with zero attached hydrogens (tertiary/aromatic N) is 1. The Morgan fingerprint density at radius 3 is 2.64 bits per heavy atom. The van der Waals surface area contributed by atoms with E-state index in [1.54, 1.807) is 14.0 Å². The molecule has 36 heavy (non-hydrogen) atoms. The van der Waals surface area contributed by atoms with Crippen molar-refractivity contribution in [2.75, 3.05) is 13.9 Å². The maximum atomic E-state index is 12.9. The fraction of sp³-hybridized carbons (Fsp3) is 0.577. The third-order valence-corrected chi connectivity index (χ3v) is 7.11. The van der Waals surface area contributed by atoms with E-state index in [0.29, 0.717) is 12.0 Å². The molecule has 1 unspecified atom stereocenters. The van der Waals surface area contributed by atoms with Crippen LogP contribution in [0, 0.1) is 12.8 Å². The molecule has 10 heteroatoms. The topological polar surface area (TPSA) is 118 Å². The molecule has 1 N–H and O–H groups in total. The lowest BCUT2D eigenvalue weighted by Crippen LogP contribution is -2.60. The summed E-state index contributed by atoms with van der Waals surface area (Å²) in [6.07, 6.45) is 0.637. The first-order valence-electron chi connectivity index (χ1n) is 12.2. The lowest BCUT2D eigenvalue weighted by molar-refractivity contribution is -0.243. The number of aromatic nitrogens is 2. The van der Waals surface area contributed by atoms with Crippen molar-refractivity contribution in [3.8, 4) is 0 Å². The van der Waals surface area contributed by atoms with Gasteiger partial charge in [0.15, 0.2) is 12.3 Å². The molecule has 1 spiro atoms. The van der Waals surface area contributed by atoms with Gasteiger partial charge in [-0.05, 0) is 31.2 Å². The molecule has 1 aliphatic heterocycles. The molecule has 0 radical (unpaired) electrons. The number of H-pyrrole nitrogens is 1. The van der Waals surface area contributed by atoms with E-state index in [1.807, 2.05) is 30.3 Å². The summed E-state index contributed by atoms with van der Waals surface area (Å²) in [5.74, 6) is -0.595. The SMILES string of the molecule is COCO[C@H]1CCC[C@@H](C)C12O[C@@H](n1cc(C)c(=O)[nH]c1=O)[C@H](OC(C)=O)[C@H]2OCc1ccccc1. The minimum atomic E-state index is -1.04. The second kappa shape index (κ2) is 11.1. The van der Waals surface area contributed by atoms with Gasteiger partial charge in [-0.2, -0.15) is 0 Å². The van der Waals surface area contributed by atoms with Crippen molar-refractivity contribution in [1.29, 1.82) is 0 Å². The number of aryl methyl sites for hydroxylation is 1. The van der Waals surface area contributed by atoms with Gasteiger partial charge in [-0.25, -0.2) is 4.79 Å². The van der Waals surface area contributed by atoms with Crippen molar-refractivity contribution >= 4 is 5.97 Å². The molecule has 4 rings (SSSR count). The highest BCUT2D eigenvalue weighted by Crippen LogP contribution is 2.52. The van der Waals surface area contributed by atoms with Gasteiger partial charge in [0.2, 0.25) is 0 Å². The maximum Gasteiger partial charge on any atom is 0.330 e. The Kier molecular flexibility index (Phi) is 8.09. The minimum Gasteiger partial charge on any atom is -0.455 e. The zero-order valence-corrected chi connectivity index (χ0v) is 21.1. The van der Waals surface area contributed by atoms with Gasteiger partial charge in [-0.3, -0.25) is 19.1 Å². The zero-order chi connectivity index (χ0) is 25.9. The molecule has 2 aliphatic rings. The van der Waals surface area contributed by atoms with Crippen molar-refractivity contribution in [2.45, 2.75) is 76.8 Å². The molecular formula is C26H34N2O8. The minimum absolute atomic E-state index is 0.0501. The van der Waals surface area contributed by atoms with Crippen LogP contribution < -0.4 is 11.2 Å². The molecule has 6 atom stereocenters. The summed E-state index contributed by atoms with van der Waals surface area (Å²) in [5, 5.41) is 0. The summed E-state index contributed by atoms with van der Waals surface area (Å²) >= 11 is 0. The highest BCUT2D eigenvalue weighted by Gasteiger charge is 2.65. The fourth-order valence-electron chi connectivity index (χ4n) is 5.43. The third kappa shape index (κ3) is 5.04. The average molecular weight is 503 g/mol. The summed E-state index contributed by atoms with van der Waals surface area (Å²) in [4.78, 5) is 39.5. The Labute approximate surface area is 209 Å². The first-order valence-corrected chi connectivity index (χ1v) is 12.2. The molecule has 1 saturated heterocycles. The second-order valence-electron chi connectivity index (χ2n) is 9.53. The molecular weight excluding hydrogens is 468 g/mol. The Bertz CT molecular complexity index is 1160. The summed E-state index contributed by atoms with van der Waals surface area (Å²) in [7, 11) is 1.55. The number of benzene rings is 1. The van der Waals surface area contributed by atoms with Crippen LogP contribution in [-0.2, 0) is 35.1 Å². The highest BCUT2D eigenvalue weighted by molar-refractivity contribution is 5.66. The molecule has 1 aromatic heterocycles. The van der Waals surface area contributed by atoms with Crippen LogP contribution in [0.15, 0.2) is 46.1 Å². The molecule has 0 bridgehead atoms. The largest absolute Gasteiger partial charge is 0.455 e. The number of nitrogens with one attached hydrogen (secondary N) is 1. The van der Waals surface area contributed by atoms with E-state index in [-0.39, 0.29) is 19.3 Å². The summed E-state index contributed by atoms with van der Waals surface area (Å²) in [5.41, 5.74) is -0.930. The van der Waals surface area contributed by atoms with Crippen LogP contribution in [-0.4, -0.2) is 53.3 Å². The predicted octanol–water partition coefficient (Wildman–Crippen LogP) is 2.44. The summed E-state index contributed by atoms with van der Waals surface area (Å²) in [6, 6.07) is 9.65. The Morgan fingerprint density at radius 1 is 1.19 bits per heavy atom. The molecule has 2 fully saturated rings. The fourth-order valence-corrected chi connectivity index (χ4v) is 5.43. The first-order chi connectivity index (χ1) is 17.3. The Balaban J connectivity index is 1.83. The van der Waals surface area contributed by atoms with E-state index in [9.17, 15) is 14.4 Å². The van der Waals surface area contributed by atoms with Gasteiger partial charge in [-0.1, -0.05) is 43.7 Å². The number of aromatic amines is 1. The lowest BCUT2D eigenvalue weighted by Gasteiger charge is -2.47. The number of rotatable bonds is 8. The van der Waals surface area contributed by atoms with Crippen LogP contribution in [0.2, 0.25) is 0 Å². The molecule has 0 amide bonds.